The zero-order valence-electron chi connectivity index (χ0n) is 12.2. The van der Waals surface area contributed by atoms with E-state index >= 15 is 0 Å². The van der Waals surface area contributed by atoms with Gasteiger partial charge in [0.05, 0.1) is 6.10 Å². The summed E-state index contributed by atoms with van der Waals surface area (Å²) in [5.41, 5.74) is 0.885. The highest BCUT2D eigenvalue weighted by atomic mass is 32.2. The summed E-state index contributed by atoms with van der Waals surface area (Å²) in [6.45, 7) is 3.23. The maximum Gasteiger partial charge on any atom is 0.191 e. The number of thioether (sulfide) groups is 1. The Balaban J connectivity index is 2.03. The summed E-state index contributed by atoms with van der Waals surface area (Å²) >= 11 is 1.49. The molecular weight excluding hydrogens is 284 g/mol. The van der Waals surface area contributed by atoms with E-state index in [1.165, 1.54) is 11.8 Å². The van der Waals surface area contributed by atoms with Crippen molar-refractivity contribution < 1.29 is 5.11 Å². The predicted molar refractivity (Wildman–Crippen MR) is 87.9 cm³/mol. The average molecular weight is 304 g/mol. The standard InChI is InChI=1S/C15H20N4OS/c1-3-16-13-9-14(19-15(18-13)21-2)17-10-12(20)11-7-5-4-6-8-11/h4-9,12,20H,3,10H2,1-2H3,(H2,16,17,18,19). The van der Waals surface area contributed by atoms with Gasteiger partial charge in [0.15, 0.2) is 5.16 Å². The fraction of sp³-hybridized carbons (Fsp3) is 0.333. The number of nitrogens with one attached hydrogen (secondary N) is 2. The van der Waals surface area contributed by atoms with E-state index in [1.54, 1.807) is 0 Å². The minimum Gasteiger partial charge on any atom is -0.387 e. The molecule has 0 amide bonds. The van der Waals surface area contributed by atoms with Crippen LogP contribution in [0.25, 0.3) is 0 Å². The number of benzene rings is 1. The number of aliphatic hydroxyl groups is 1. The SMILES string of the molecule is CCNc1cc(NCC(O)c2ccccc2)nc(SC)n1. The van der Waals surface area contributed by atoms with Gasteiger partial charge < -0.3 is 15.7 Å². The van der Waals surface area contributed by atoms with Crippen molar-refractivity contribution in [3.63, 3.8) is 0 Å². The molecule has 1 atom stereocenters. The molecule has 2 rings (SSSR count). The molecule has 0 aliphatic rings. The predicted octanol–water partition coefficient (Wildman–Crippen LogP) is 2.78. The first-order chi connectivity index (χ1) is 10.2. The highest BCUT2D eigenvalue weighted by Crippen LogP contribution is 2.18. The second-order valence-corrected chi connectivity index (χ2v) is 5.24. The van der Waals surface area contributed by atoms with E-state index in [1.807, 2.05) is 49.6 Å². The highest BCUT2D eigenvalue weighted by molar-refractivity contribution is 7.98. The fourth-order valence-corrected chi connectivity index (χ4v) is 2.25. The van der Waals surface area contributed by atoms with Crippen LogP contribution >= 0.6 is 11.8 Å². The number of nitrogens with zero attached hydrogens (tertiary/aromatic N) is 2. The lowest BCUT2D eigenvalue weighted by Crippen LogP contribution is -2.14. The molecule has 112 valence electrons. The Hall–Kier alpha value is -1.79. The van der Waals surface area contributed by atoms with E-state index in [2.05, 4.69) is 20.6 Å². The van der Waals surface area contributed by atoms with Crippen molar-refractivity contribution in [2.45, 2.75) is 18.2 Å². The second-order valence-electron chi connectivity index (χ2n) is 4.46. The van der Waals surface area contributed by atoms with Crippen LogP contribution in [0.5, 0.6) is 0 Å². The summed E-state index contributed by atoms with van der Waals surface area (Å²) in [6.07, 6.45) is 1.37. The first-order valence-electron chi connectivity index (χ1n) is 6.86. The number of aliphatic hydroxyl groups excluding tert-OH is 1. The van der Waals surface area contributed by atoms with Gasteiger partial charge in [-0.15, -0.1) is 0 Å². The first-order valence-corrected chi connectivity index (χ1v) is 8.09. The van der Waals surface area contributed by atoms with E-state index in [9.17, 15) is 5.11 Å². The summed E-state index contributed by atoms with van der Waals surface area (Å²) in [6, 6.07) is 11.4. The normalized spacial score (nSPS) is 12.0. The number of anilines is 2. The topological polar surface area (TPSA) is 70.1 Å². The Labute approximate surface area is 129 Å². The highest BCUT2D eigenvalue weighted by Gasteiger charge is 2.08. The molecule has 0 radical (unpaired) electrons. The summed E-state index contributed by atoms with van der Waals surface area (Å²) in [5, 5.41) is 17.2. The van der Waals surface area contributed by atoms with Crippen LogP contribution in [0.3, 0.4) is 0 Å². The molecule has 1 aromatic carbocycles. The van der Waals surface area contributed by atoms with Crippen molar-refractivity contribution in [1.29, 1.82) is 0 Å². The molecule has 0 bridgehead atoms. The van der Waals surface area contributed by atoms with Crippen molar-refractivity contribution >= 4 is 23.4 Å². The molecule has 1 aromatic heterocycles. The van der Waals surface area contributed by atoms with E-state index in [0.717, 1.165) is 17.9 Å². The second kappa shape index (κ2) is 7.85. The molecule has 0 aliphatic carbocycles. The third-order valence-electron chi connectivity index (χ3n) is 2.91. The van der Waals surface area contributed by atoms with Gasteiger partial charge in [-0.3, -0.25) is 0 Å². The molecule has 2 aromatic rings. The third-order valence-corrected chi connectivity index (χ3v) is 3.45. The van der Waals surface area contributed by atoms with Gasteiger partial charge in [-0.1, -0.05) is 42.1 Å². The molecule has 21 heavy (non-hydrogen) atoms. The minimum atomic E-state index is -0.568. The van der Waals surface area contributed by atoms with Crippen LogP contribution in [0, 0.1) is 0 Å². The summed E-state index contributed by atoms with van der Waals surface area (Å²) < 4.78 is 0. The van der Waals surface area contributed by atoms with Gasteiger partial charge in [0, 0.05) is 19.2 Å². The zero-order valence-corrected chi connectivity index (χ0v) is 13.0. The van der Waals surface area contributed by atoms with Crippen molar-refractivity contribution in [2.24, 2.45) is 0 Å². The summed E-state index contributed by atoms with van der Waals surface area (Å²) in [7, 11) is 0. The Kier molecular flexibility index (Phi) is 5.83. The number of hydrogen-bond acceptors (Lipinski definition) is 6. The van der Waals surface area contributed by atoms with Crippen LogP contribution in [-0.4, -0.2) is 34.4 Å². The molecule has 0 spiro atoms. The molecule has 1 heterocycles. The quantitative estimate of drug-likeness (QED) is 0.540. The lowest BCUT2D eigenvalue weighted by Gasteiger charge is -2.14. The monoisotopic (exact) mass is 304 g/mol. The van der Waals surface area contributed by atoms with Crippen LogP contribution in [0.1, 0.15) is 18.6 Å². The Morgan fingerprint density at radius 2 is 1.81 bits per heavy atom. The average Bonchev–Trinajstić information content (AvgIpc) is 2.53. The van der Waals surface area contributed by atoms with Crippen LogP contribution < -0.4 is 10.6 Å². The summed E-state index contributed by atoms with van der Waals surface area (Å²) in [5.74, 6) is 1.49. The van der Waals surface area contributed by atoms with Gasteiger partial charge in [-0.2, -0.15) is 0 Å². The van der Waals surface area contributed by atoms with Crippen molar-refractivity contribution in [3.05, 3.63) is 42.0 Å². The molecule has 0 aliphatic heterocycles. The van der Waals surface area contributed by atoms with Crippen LogP contribution in [-0.2, 0) is 0 Å². The van der Waals surface area contributed by atoms with Gasteiger partial charge in [0.1, 0.15) is 11.6 Å². The van der Waals surface area contributed by atoms with Gasteiger partial charge in [0.2, 0.25) is 0 Å². The van der Waals surface area contributed by atoms with Crippen molar-refractivity contribution in [1.82, 2.24) is 9.97 Å². The van der Waals surface area contributed by atoms with Crippen LogP contribution in [0.2, 0.25) is 0 Å². The summed E-state index contributed by atoms with van der Waals surface area (Å²) in [4.78, 5) is 8.75. The Morgan fingerprint density at radius 3 is 2.43 bits per heavy atom. The number of hydrogen-bond donors (Lipinski definition) is 3. The largest absolute Gasteiger partial charge is 0.387 e. The molecule has 0 saturated carbocycles. The molecule has 5 nitrogen and oxygen atoms in total. The van der Waals surface area contributed by atoms with E-state index in [-0.39, 0.29) is 0 Å². The van der Waals surface area contributed by atoms with Gasteiger partial charge in [-0.05, 0) is 18.7 Å². The molecule has 1 unspecified atom stereocenters. The van der Waals surface area contributed by atoms with Crippen LogP contribution in [0.15, 0.2) is 41.6 Å². The maximum atomic E-state index is 10.2. The van der Waals surface area contributed by atoms with E-state index in [0.29, 0.717) is 17.5 Å². The van der Waals surface area contributed by atoms with E-state index < -0.39 is 6.10 Å². The number of aromatic nitrogens is 2. The molecular formula is C15H20N4OS. The Morgan fingerprint density at radius 1 is 1.14 bits per heavy atom. The van der Waals surface area contributed by atoms with Crippen molar-refractivity contribution in [2.75, 3.05) is 30.0 Å². The molecule has 0 fully saturated rings. The molecule has 0 saturated heterocycles. The van der Waals surface area contributed by atoms with Crippen LogP contribution in [0.4, 0.5) is 11.6 Å². The number of rotatable bonds is 7. The lowest BCUT2D eigenvalue weighted by molar-refractivity contribution is 0.191. The lowest BCUT2D eigenvalue weighted by atomic mass is 10.1. The minimum absolute atomic E-state index is 0.403. The van der Waals surface area contributed by atoms with E-state index in [4.69, 9.17) is 0 Å². The van der Waals surface area contributed by atoms with Crippen molar-refractivity contribution in [3.8, 4) is 0 Å². The van der Waals surface area contributed by atoms with Gasteiger partial charge in [-0.25, -0.2) is 9.97 Å². The fourth-order valence-electron chi connectivity index (χ4n) is 1.87. The zero-order chi connectivity index (χ0) is 15.1. The third kappa shape index (κ3) is 4.61. The Bertz CT molecular complexity index is 565. The molecule has 6 heteroatoms. The maximum absolute atomic E-state index is 10.2. The smallest absolute Gasteiger partial charge is 0.191 e. The van der Waals surface area contributed by atoms with Gasteiger partial charge in [0.25, 0.3) is 0 Å². The molecule has 3 N–H and O–H groups in total. The van der Waals surface area contributed by atoms with Gasteiger partial charge >= 0.3 is 0 Å². The first kappa shape index (κ1) is 15.6.